The molecule has 6 heteroatoms. The number of phenols is 1. The third kappa shape index (κ3) is 4.49. The molecule has 0 bridgehead atoms. The van der Waals surface area contributed by atoms with Crippen molar-refractivity contribution in [2.24, 2.45) is 5.92 Å². The van der Waals surface area contributed by atoms with Gasteiger partial charge in [0.05, 0.1) is 5.69 Å². The fraction of sp³-hybridized carbons (Fsp3) is 0.417. The first-order chi connectivity index (χ1) is 14.6. The van der Waals surface area contributed by atoms with Crippen LogP contribution in [0.3, 0.4) is 0 Å². The Balaban J connectivity index is 1.43. The van der Waals surface area contributed by atoms with Crippen molar-refractivity contribution in [3.8, 4) is 5.75 Å². The van der Waals surface area contributed by atoms with E-state index >= 15 is 0 Å². The second kappa shape index (κ2) is 9.30. The number of likely N-dealkylation sites (tertiary alicyclic amines) is 2. The van der Waals surface area contributed by atoms with Gasteiger partial charge in [-0.15, -0.1) is 0 Å². The molecule has 2 amide bonds. The molecule has 6 nitrogen and oxygen atoms in total. The van der Waals surface area contributed by atoms with E-state index in [2.05, 4.69) is 10.2 Å². The SMILES string of the molecule is O=C(Nc1ccccc1O)C1CCN(C(C(=O)N2CCCC2)c2ccccc2)CC1. The van der Waals surface area contributed by atoms with E-state index in [1.54, 1.807) is 24.3 Å². The molecule has 2 N–H and O–H groups in total. The molecule has 2 aromatic carbocycles. The maximum Gasteiger partial charge on any atom is 0.244 e. The van der Waals surface area contributed by atoms with E-state index in [0.29, 0.717) is 31.6 Å². The molecule has 0 spiro atoms. The summed E-state index contributed by atoms with van der Waals surface area (Å²) in [6.07, 6.45) is 3.52. The molecule has 2 saturated heterocycles. The number of benzene rings is 2. The quantitative estimate of drug-likeness (QED) is 0.745. The first kappa shape index (κ1) is 20.4. The van der Waals surface area contributed by atoms with Crippen LogP contribution < -0.4 is 5.32 Å². The van der Waals surface area contributed by atoms with Crippen LogP contribution in [0.25, 0.3) is 0 Å². The third-order valence-electron chi connectivity index (χ3n) is 6.19. The minimum Gasteiger partial charge on any atom is -0.506 e. The Labute approximate surface area is 177 Å². The number of nitrogens with zero attached hydrogens (tertiary/aromatic N) is 2. The normalized spacial score (nSPS) is 18.9. The van der Waals surface area contributed by atoms with Gasteiger partial charge in [0.15, 0.2) is 0 Å². The highest BCUT2D eigenvalue weighted by molar-refractivity contribution is 5.94. The summed E-state index contributed by atoms with van der Waals surface area (Å²) in [6, 6.07) is 16.5. The van der Waals surface area contributed by atoms with E-state index < -0.39 is 0 Å². The van der Waals surface area contributed by atoms with Gasteiger partial charge in [0, 0.05) is 19.0 Å². The van der Waals surface area contributed by atoms with Gasteiger partial charge in [-0.25, -0.2) is 0 Å². The van der Waals surface area contributed by atoms with E-state index in [4.69, 9.17) is 0 Å². The van der Waals surface area contributed by atoms with Crippen LogP contribution >= 0.6 is 0 Å². The van der Waals surface area contributed by atoms with E-state index in [-0.39, 0.29) is 29.5 Å². The predicted octanol–water partition coefficient (Wildman–Crippen LogP) is 3.41. The van der Waals surface area contributed by atoms with E-state index in [1.165, 1.54) is 0 Å². The monoisotopic (exact) mass is 407 g/mol. The van der Waals surface area contributed by atoms with E-state index in [0.717, 1.165) is 31.5 Å². The van der Waals surface area contributed by atoms with Crippen molar-refractivity contribution < 1.29 is 14.7 Å². The lowest BCUT2D eigenvalue weighted by Gasteiger charge is -2.38. The Hall–Kier alpha value is -2.86. The maximum atomic E-state index is 13.3. The summed E-state index contributed by atoms with van der Waals surface area (Å²) in [6.45, 7) is 3.05. The molecule has 0 aliphatic carbocycles. The maximum absolute atomic E-state index is 13.3. The molecule has 1 atom stereocenters. The van der Waals surface area contributed by atoms with Crippen LogP contribution in [0.1, 0.15) is 37.3 Å². The highest BCUT2D eigenvalue weighted by Crippen LogP contribution is 2.31. The zero-order valence-corrected chi connectivity index (χ0v) is 17.2. The summed E-state index contributed by atoms with van der Waals surface area (Å²) in [5, 5.41) is 12.7. The van der Waals surface area contributed by atoms with E-state index in [1.807, 2.05) is 35.2 Å². The molecule has 2 fully saturated rings. The summed E-state index contributed by atoms with van der Waals surface area (Å²) in [7, 11) is 0. The van der Waals surface area contributed by atoms with Gasteiger partial charge in [-0.1, -0.05) is 42.5 Å². The number of phenolic OH excluding ortho intramolecular Hbond substituents is 1. The number of hydrogen-bond acceptors (Lipinski definition) is 4. The minimum atomic E-state index is -0.286. The molecule has 2 aliphatic heterocycles. The van der Waals surface area contributed by atoms with E-state index in [9.17, 15) is 14.7 Å². The third-order valence-corrected chi connectivity index (χ3v) is 6.19. The smallest absolute Gasteiger partial charge is 0.244 e. The summed E-state index contributed by atoms with van der Waals surface area (Å²) in [5.41, 5.74) is 1.46. The number of anilines is 1. The number of nitrogens with one attached hydrogen (secondary N) is 1. The van der Waals surface area contributed by atoms with Crippen molar-refractivity contribution >= 4 is 17.5 Å². The van der Waals surface area contributed by atoms with Crippen molar-refractivity contribution in [1.82, 2.24) is 9.80 Å². The van der Waals surface area contributed by atoms with Crippen molar-refractivity contribution in [3.63, 3.8) is 0 Å². The Morgan fingerprint density at radius 1 is 0.900 bits per heavy atom. The average molecular weight is 408 g/mol. The number of carbonyl (C=O) groups is 2. The Kier molecular flexibility index (Phi) is 6.33. The Morgan fingerprint density at radius 3 is 2.20 bits per heavy atom. The Bertz CT molecular complexity index is 872. The molecule has 1 unspecified atom stereocenters. The summed E-state index contributed by atoms with van der Waals surface area (Å²) < 4.78 is 0. The first-order valence-electron chi connectivity index (χ1n) is 10.8. The van der Waals surface area contributed by atoms with Crippen molar-refractivity contribution in [2.75, 3.05) is 31.5 Å². The second-order valence-electron chi connectivity index (χ2n) is 8.16. The van der Waals surface area contributed by atoms with Crippen LogP contribution in [0.4, 0.5) is 5.69 Å². The van der Waals surface area contributed by atoms with Crippen LogP contribution in [0.15, 0.2) is 54.6 Å². The number of para-hydroxylation sites is 2. The van der Waals surface area contributed by atoms with Crippen LogP contribution in [0, 0.1) is 5.92 Å². The van der Waals surface area contributed by atoms with Gasteiger partial charge in [-0.05, 0) is 56.5 Å². The van der Waals surface area contributed by atoms with Gasteiger partial charge in [0.1, 0.15) is 11.8 Å². The van der Waals surface area contributed by atoms with Crippen LogP contribution in [0.2, 0.25) is 0 Å². The molecule has 2 heterocycles. The predicted molar refractivity (Wildman–Crippen MR) is 116 cm³/mol. The topological polar surface area (TPSA) is 72.9 Å². The highest BCUT2D eigenvalue weighted by Gasteiger charge is 2.35. The summed E-state index contributed by atoms with van der Waals surface area (Å²) in [5.74, 6) is 0.0527. The van der Waals surface area contributed by atoms with Crippen molar-refractivity contribution in [1.29, 1.82) is 0 Å². The molecule has 2 aliphatic rings. The van der Waals surface area contributed by atoms with Gasteiger partial charge in [-0.2, -0.15) is 0 Å². The largest absolute Gasteiger partial charge is 0.506 e. The fourth-order valence-corrected chi connectivity index (χ4v) is 4.49. The molecule has 0 radical (unpaired) electrons. The number of aromatic hydroxyl groups is 1. The number of piperidine rings is 1. The number of carbonyl (C=O) groups excluding carboxylic acids is 2. The van der Waals surface area contributed by atoms with Crippen molar-refractivity contribution in [2.45, 2.75) is 31.7 Å². The summed E-state index contributed by atoms with van der Waals surface area (Å²) >= 11 is 0. The van der Waals surface area contributed by atoms with Gasteiger partial charge in [0.25, 0.3) is 0 Å². The average Bonchev–Trinajstić information content (AvgIpc) is 3.32. The zero-order valence-electron chi connectivity index (χ0n) is 17.2. The van der Waals surface area contributed by atoms with Crippen molar-refractivity contribution in [3.05, 3.63) is 60.2 Å². The lowest BCUT2D eigenvalue weighted by atomic mass is 9.93. The van der Waals surface area contributed by atoms with Gasteiger partial charge in [0.2, 0.25) is 11.8 Å². The van der Waals surface area contributed by atoms with Gasteiger partial charge < -0.3 is 15.3 Å². The number of amides is 2. The molecule has 30 heavy (non-hydrogen) atoms. The lowest BCUT2D eigenvalue weighted by molar-refractivity contribution is -0.137. The van der Waals surface area contributed by atoms with Crippen LogP contribution in [0.5, 0.6) is 5.75 Å². The Morgan fingerprint density at radius 2 is 1.53 bits per heavy atom. The molecule has 2 aromatic rings. The highest BCUT2D eigenvalue weighted by atomic mass is 16.3. The molecule has 0 aromatic heterocycles. The molecular formula is C24H29N3O3. The summed E-state index contributed by atoms with van der Waals surface area (Å²) in [4.78, 5) is 30.2. The van der Waals surface area contributed by atoms with Crippen LogP contribution in [-0.2, 0) is 9.59 Å². The fourth-order valence-electron chi connectivity index (χ4n) is 4.49. The van der Waals surface area contributed by atoms with Gasteiger partial charge in [-0.3, -0.25) is 14.5 Å². The van der Waals surface area contributed by atoms with Gasteiger partial charge >= 0.3 is 0 Å². The number of rotatable bonds is 5. The second-order valence-corrected chi connectivity index (χ2v) is 8.16. The minimum absolute atomic E-state index is 0.0710. The van der Waals surface area contributed by atoms with Crippen LogP contribution in [-0.4, -0.2) is 52.9 Å². The standard InChI is InChI=1S/C24H29N3O3/c28-21-11-5-4-10-20(21)25-23(29)19-12-16-26(17-13-19)22(18-8-2-1-3-9-18)24(30)27-14-6-7-15-27/h1-5,8-11,19,22,28H,6-7,12-17H2,(H,25,29). The molecule has 158 valence electrons. The first-order valence-corrected chi connectivity index (χ1v) is 10.8. The zero-order chi connectivity index (χ0) is 20.9. The molecule has 4 rings (SSSR count). The lowest BCUT2D eigenvalue weighted by Crippen LogP contribution is -2.46. The molecule has 0 saturated carbocycles. The number of hydrogen-bond donors (Lipinski definition) is 2. The molecular weight excluding hydrogens is 378 g/mol.